The molecule has 1 aliphatic rings. The van der Waals surface area contributed by atoms with Crippen LogP contribution in [0.3, 0.4) is 0 Å². The van der Waals surface area contributed by atoms with Crippen molar-refractivity contribution >= 4 is 29.5 Å². The van der Waals surface area contributed by atoms with Gasteiger partial charge in [0.15, 0.2) is 0 Å². The molecule has 9 nitrogen and oxygen atoms in total. The van der Waals surface area contributed by atoms with Gasteiger partial charge in [0, 0.05) is 18.2 Å². The van der Waals surface area contributed by atoms with E-state index in [2.05, 4.69) is 10.6 Å². The summed E-state index contributed by atoms with van der Waals surface area (Å²) in [5.41, 5.74) is 1.27. The molecule has 2 aromatic carbocycles. The summed E-state index contributed by atoms with van der Waals surface area (Å²) in [6.45, 7) is 13.7. The van der Waals surface area contributed by atoms with Gasteiger partial charge in [0.25, 0.3) is 0 Å². The number of benzene rings is 2. The molecule has 0 aromatic heterocycles. The van der Waals surface area contributed by atoms with Gasteiger partial charge < -0.3 is 19.5 Å². The van der Waals surface area contributed by atoms with Gasteiger partial charge in [-0.05, 0) is 65.3 Å². The quantitative estimate of drug-likeness (QED) is 0.578. The Hall–Kier alpha value is -3.75. The third-order valence-electron chi connectivity index (χ3n) is 4.44. The molecule has 2 N–H and O–H groups in total. The first-order valence-electron chi connectivity index (χ1n) is 11.8. The van der Waals surface area contributed by atoms with Crippen LogP contribution in [0.25, 0.3) is 0 Å². The van der Waals surface area contributed by atoms with Gasteiger partial charge in [-0.3, -0.25) is 15.0 Å². The predicted octanol–water partition coefficient (Wildman–Crippen LogP) is 5.49. The summed E-state index contributed by atoms with van der Waals surface area (Å²) >= 11 is 0. The molecule has 0 saturated carbocycles. The third kappa shape index (κ3) is 10.2. The van der Waals surface area contributed by atoms with Gasteiger partial charge in [-0.1, -0.05) is 30.3 Å². The van der Waals surface area contributed by atoms with Crippen LogP contribution in [0.5, 0.6) is 5.75 Å². The lowest BCUT2D eigenvalue weighted by Crippen LogP contribution is -2.38. The summed E-state index contributed by atoms with van der Waals surface area (Å²) in [6.07, 6.45) is -1.04. The first-order valence-corrected chi connectivity index (χ1v) is 11.8. The van der Waals surface area contributed by atoms with Crippen LogP contribution in [0.1, 0.15) is 54.0 Å². The maximum atomic E-state index is 12.6. The number of amides is 3. The van der Waals surface area contributed by atoms with Crippen LogP contribution in [0.2, 0.25) is 0 Å². The molecule has 0 spiro atoms. The molecule has 3 rings (SSSR count). The number of hydrogen-bond donors (Lipinski definition) is 2. The lowest BCUT2D eigenvalue weighted by atomic mass is 10.1. The van der Waals surface area contributed by atoms with Crippen LogP contribution in [-0.2, 0) is 20.9 Å². The van der Waals surface area contributed by atoms with Gasteiger partial charge >= 0.3 is 12.2 Å². The van der Waals surface area contributed by atoms with E-state index in [4.69, 9.17) is 14.2 Å². The molecule has 1 heterocycles. The van der Waals surface area contributed by atoms with Crippen molar-refractivity contribution in [2.75, 3.05) is 23.4 Å². The molecule has 9 heteroatoms. The maximum Gasteiger partial charge on any atom is 0.414 e. The van der Waals surface area contributed by atoms with Gasteiger partial charge in [0.1, 0.15) is 24.6 Å². The molecule has 0 radical (unpaired) electrons. The monoisotopic (exact) mass is 499 g/mol. The van der Waals surface area contributed by atoms with Crippen molar-refractivity contribution < 1.29 is 28.6 Å². The van der Waals surface area contributed by atoms with Crippen molar-refractivity contribution in [3.8, 4) is 5.75 Å². The number of carbonyl (C=O) groups is 3. The average Bonchev–Trinajstić information content (AvgIpc) is 2.75. The highest BCUT2D eigenvalue weighted by Gasteiger charge is 2.26. The summed E-state index contributed by atoms with van der Waals surface area (Å²) < 4.78 is 16.3. The minimum Gasteiger partial charge on any atom is -0.490 e. The molecular weight excluding hydrogens is 462 g/mol. The Kier molecular flexibility index (Phi) is 9.72. The minimum atomic E-state index is -0.602. The van der Waals surface area contributed by atoms with Crippen LogP contribution in [0, 0.1) is 0 Å². The predicted molar refractivity (Wildman–Crippen MR) is 139 cm³/mol. The van der Waals surface area contributed by atoms with Gasteiger partial charge in [-0.25, -0.2) is 9.59 Å². The number of fused-ring (bicyclic) bond motifs is 1. The first-order chi connectivity index (χ1) is 16.7. The van der Waals surface area contributed by atoms with Crippen LogP contribution in [0.4, 0.5) is 21.0 Å². The second kappa shape index (κ2) is 12.3. The van der Waals surface area contributed by atoms with Crippen molar-refractivity contribution in [3.63, 3.8) is 0 Å². The Morgan fingerprint density at radius 2 is 1.67 bits per heavy atom. The minimum absolute atomic E-state index is 0.0255. The number of carbonyl (C=O) groups excluding carboxylic acids is 3. The molecule has 0 atom stereocenters. The summed E-state index contributed by atoms with van der Waals surface area (Å²) in [7, 11) is 0. The van der Waals surface area contributed by atoms with Crippen molar-refractivity contribution in [3.05, 3.63) is 54.1 Å². The number of anilines is 2. The van der Waals surface area contributed by atoms with E-state index in [-0.39, 0.29) is 18.1 Å². The standard InChI is InChI=1S/C21H24N2O5.C6H13NO/c1-21(2,3)28-19(24)22-16-9-10-18-17(13-16)23(11-12-26-18)20(25)27-14-15-7-5-4-6-8-15;1-5(8)7-6(2,3)4/h4-10,13H,11-12,14H2,1-3H3,(H,22,24);1-4H3,(H,7,8). The van der Waals surface area contributed by atoms with Gasteiger partial charge in [-0.2, -0.15) is 0 Å². The molecule has 0 unspecified atom stereocenters. The number of ether oxygens (including phenoxy) is 3. The SMILES string of the molecule is CC(=O)NC(C)(C)C.CC(C)(C)OC(=O)Nc1ccc2c(c1)N(C(=O)OCc1ccccc1)CCO2. The Morgan fingerprint density at radius 3 is 2.22 bits per heavy atom. The highest BCUT2D eigenvalue weighted by atomic mass is 16.6. The molecule has 0 aliphatic carbocycles. The fourth-order valence-electron chi connectivity index (χ4n) is 3.23. The van der Waals surface area contributed by atoms with Crippen molar-refractivity contribution in [2.24, 2.45) is 0 Å². The third-order valence-corrected chi connectivity index (χ3v) is 4.44. The highest BCUT2D eigenvalue weighted by Crippen LogP contribution is 2.34. The topological polar surface area (TPSA) is 106 Å². The van der Waals surface area contributed by atoms with Crippen molar-refractivity contribution in [1.82, 2.24) is 5.32 Å². The Bertz CT molecular complexity index is 1040. The highest BCUT2D eigenvalue weighted by molar-refractivity contribution is 5.93. The van der Waals surface area contributed by atoms with E-state index < -0.39 is 17.8 Å². The van der Waals surface area contributed by atoms with E-state index >= 15 is 0 Å². The van der Waals surface area contributed by atoms with Gasteiger partial charge in [0.2, 0.25) is 5.91 Å². The molecule has 2 aromatic rings. The van der Waals surface area contributed by atoms with E-state index in [0.717, 1.165) is 5.56 Å². The molecule has 0 bridgehead atoms. The van der Waals surface area contributed by atoms with E-state index in [1.54, 1.807) is 39.0 Å². The molecular formula is C27H37N3O6. The number of hydrogen-bond acceptors (Lipinski definition) is 6. The molecule has 196 valence electrons. The zero-order valence-corrected chi connectivity index (χ0v) is 22.1. The van der Waals surface area contributed by atoms with Crippen LogP contribution < -0.4 is 20.3 Å². The van der Waals surface area contributed by atoms with Gasteiger partial charge in [0.05, 0.1) is 12.2 Å². The molecule has 1 aliphatic heterocycles. The van der Waals surface area contributed by atoms with E-state index in [1.807, 2.05) is 51.1 Å². The molecule has 3 amide bonds. The van der Waals surface area contributed by atoms with E-state index in [1.165, 1.54) is 11.8 Å². The Labute approximate surface area is 213 Å². The van der Waals surface area contributed by atoms with Gasteiger partial charge in [-0.15, -0.1) is 0 Å². The van der Waals surface area contributed by atoms with E-state index in [0.29, 0.717) is 30.3 Å². The number of nitrogens with zero attached hydrogens (tertiary/aromatic N) is 1. The summed E-state index contributed by atoms with van der Waals surface area (Å²) in [5.74, 6) is 0.579. The fourth-order valence-corrected chi connectivity index (χ4v) is 3.23. The number of rotatable bonds is 3. The lowest BCUT2D eigenvalue weighted by Gasteiger charge is -2.29. The first kappa shape index (κ1) is 28.5. The number of nitrogens with one attached hydrogen (secondary N) is 2. The van der Waals surface area contributed by atoms with Crippen LogP contribution >= 0.6 is 0 Å². The Balaban J connectivity index is 0.000000493. The van der Waals surface area contributed by atoms with Crippen molar-refractivity contribution in [2.45, 2.75) is 66.2 Å². The summed E-state index contributed by atoms with van der Waals surface area (Å²) in [4.78, 5) is 36.4. The summed E-state index contributed by atoms with van der Waals surface area (Å²) in [5, 5.41) is 5.41. The summed E-state index contributed by atoms with van der Waals surface area (Å²) in [6, 6.07) is 14.5. The average molecular weight is 500 g/mol. The fraction of sp³-hybridized carbons (Fsp3) is 0.444. The second-order valence-corrected chi connectivity index (χ2v) is 10.3. The Morgan fingerprint density at radius 1 is 1.00 bits per heavy atom. The zero-order chi connectivity index (χ0) is 26.9. The van der Waals surface area contributed by atoms with Crippen LogP contribution in [0.15, 0.2) is 48.5 Å². The van der Waals surface area contributed by atoms with Crippen molar-refractivity contribution in [1.29, 1.82) is 0 Å². The molecule has 0 fully saturated rings. The van der Waals surface area contributed by atoms with E-state index in [9.17, 15) is 14.4 Å². The second-order valence-electron chi connectivity index (χ2n) is 10.3. The zero-order valence-electron chi connectivity index (χ0n) is 22.1. The largest absolute Gasteiger partial charge is 0.490 e. The molecule has 36 heavy (non-hydrogen) atoms. The smallest absolute Gasteiger partial charge is 0.414 e. The lowest BCUT2D eigenvalue weighted by molar-refractivity contribution is -0.120. The molecule has 0 saturated heterocycles. The maximum absolute atomic E-state index is 12.6. The normalized spacial score (nSPS) is 12.7. The van der Waals surface area contributed by atoms with Crippen LogP contribution in [-0.4, -0.2) is 42.4 Å².